The maximum Gasteiger partial charge on any atom is 0.416 e. The highest BCUT2D eigenvalue weighted by Crippen LogP contribution is 2.36. The fraction of sp³-hybridized carbons (Fsp3) is 0.259. The van der Waals surface area contributed by atoms with Crippen LogP contribution in [0.4, 0.5) is 17.6 Å². The van der Waals surface area contributed by atoms with Crippen LogP contribution in [0.15, 0.2) is 59.5 Å². The highest BCUT2D eigenvalue weighted by atomic mass is 32.2. The summed E-state index contributed by atoms with van der Waals surface area (Å²) in [4.78, 5) is 29.0. The molecule has 0 atom stereocenters. The summed E-state index contributed by atoms with van der Waals surface area (Å²) in [6.07, 6.45) is -2.79. The molecule has 206 valence electrons. The van der Waals surface area contributed by atoms with Gasteiger partial charge in [-0.2, -0.15) is 13.2 Å². The van der Waals surface area contributed by atoms with E-state index in [0.29, 0.717) is 35.5 Å². The van der Waals surface area contributed by atoms with Gasteiger partial charge in [0, 0.05) is 33.8 Å². The summed E-state index contributed by atoms with van der Waals surface area (Å²) in [7, 11) is -4.15. The molecule has 0 aliphatic rings. The molecule has 0 radical (unpaired) electrons. The average molecular weight is 564 g/mol. The van der Waals surface area contributed by atoms with E-state index in [1.807, 2.05) is 11.6 Å². The molecule has 39 heavy (non-hydrogen) atoms. The maximum absolute atomic E-state index is 14.8. The predicted molar refractivity (Wildman–Crippen MR) is 139 cm³/mol. The van der Waals surface area contributed by atoms with Crippen molar-refractivity contribution in [2.45, 2.75) is 45.2 Å². The number of halogens is 4. The Balaban J connectivity index is 2.08. The van der Waals surface area contributed by atoms with Crippen LogP contribution in [0.1, 0.15) is 48.0 Å². The number of nitrogens with zero attached hydrogens (tertiary/aromatic N) is 1. The standard InChI is InChI=1S/C27H25F4N3O4S/c1-4-16-7-10-22-20(12-16)23(19-6-5-11-32-25(19)35)24(26(36)33-39(37,38)15(2)3)34(22)14-17-13-18(27(29,30)31)8-9-21(17)28/h5-13,15H,4,14H2,1-3H3,(H,32,35)(H,33,36). The number of sulfonamides is 1. The Bertz CT molecular complexity index is 1740. The SMILES string of the molecule is CCc1ccc2c(c1)c(-c1ccc[nH]c1=O)c(C(=O)NS(=O)(=O)C(C)C)n2Cc1cc(C(F)(F)F)ccc1F. The maximum atomic E-state index is 14.8. The van der Waals surface area contributed by atoms with Gasteiger partial charge in [-0.3, -0.25) is 9.59 Å². The van der Waals surface area contributed by atoms with Gasteiger partial charge in [0.15, 0.2) is 0 Å². The van der Waals surface area contributed by atoms with Crippen LogP contribution in [0.5, 0.6) is 0 Å². The topological polar surface area (TPSA) is 101 Å². The van der Waals surface area contributed by atoms with E-state index in [0.717, 1.165) is 5.56 Å². The Morgan fingerprint density at radius 3 is 2.44 bits per heavy atom. The summed E-state index contributed by atoms with van der Waals surface area (Å²) in [5, 5.41) is -0.610. The lowest BCUT2D eigenvalue weighted by Gasteiger charge is -2.16. The largest absolute Gasteiger partial charge is 0.416 e. The molecule has 2 heterocycles. The average Bonchev–Trinajstić information content (AvgIpc) is 3.17. The van der Waals surface area contributed by atoms with Crippen molar-refractivity contribution in [3.63, 3.8) is 0 Å². The quantitative estimate of drug-likeness (QED) is 0.301. The van der Waals surface area contributed by atoms with Gasteiger partial charge in [0.05, 0.1) is 17.4 Å². The van der Waals surface area contributed by atoms with Gasteiger partial charge in [-0.1, -0.05) is 13.0 Å². The van der Waals surface area contributed by atoms with Crippen molar-refractivity contribution in [1.29, 1.82) is 0 Å². The van der Waals surface area contributed by atoms with E-state index in [-0.39, 0.29) is 22.4 Å². The summed E-state index contributed by atoms with van der Waals surface area (Å²) in [6, 6.07) is 9.94. The van der Waals surface area contributed by atoms with Crippen LogP contribution in [0, 0.1) is 5.82 Å². The zero-order valence-corrected chi connectivity index (χ0v) is 22.0. The molecule has 2 aromatic heterocycles. The lowest BCUT2D eigenvalue weighted by molar-refractivity contribution is -0.137. The monoisotopic (exact) mass is 563 g/mol. The number of aromatic amines is 1. The molecular formula is C27H25F4N3O4S. The fourth-order valence-electron chi connectivity index (χ4n) is 4.25. The lowest BCUT2D eigenvalue weighted by atomic mass is 10.0. The molecule has 0 saturated heterocycles. The van der Waals surface area contributed by atoms with E-state index in [9.17, 15) is 35.6 Å². The van der Waals surface area contributed by atoms with Crippen molar-refractivity contribution >= 4 is 26.8 Å². The minimum Gasteiger partial charge on any atom is -0.331 e. The van der Waals surface area contributed by atoms with Crippen molar-refractivity contribution in [2.24, 2.45) is 0 Å². The predicted octanol–water partition coefficient (Wildman–Crippen LogP) is 5.23. The summed E-state index contributed by atoms with van der Waals surface area (Å²) >= 11 is 0. The van der Waals surface area contributed by atoms with Gasteiger partial charge in [-0.15, -0.1) is 0 Å². The number of nitrogens with one attached hydrogen (secondary N) is 2. The second-order valence-corrected chi connectivity index (χ2v) is 11.5. The summed E-state index contributed by atoms with van der Waals surface area (Å²) in [5.74, 6) is -2.06. The first-order valence-corrected chi connectivity index (χ1v) is 13.5. The van der Waals surface area contributed by atoms with E-state index in [1.54, 1.807) is 18.2 Å². The summed E-state index contributed by atoms with van der Waals surface area (Å²) < 4.78 is 83.6. The number of rotatable bonds is 7. The first-order valence-electron chi connectivity index (χ1n) is 12.0. The number of carbonyl (C=O) groups is 1. The number of benzene rings is 2. The number of hydrogen-bond acceptors (Lipinski definition) is 4. The van der Waals surface area contributed by atoms with Crippen molar-refractivity contribution < 1.29 is 30.8 Å². The number of fused-ring (bicyclic) bond motifs is 1. The van der Waals surface area contributed by atoms with Gasteiger partial charge < -0.3 is 9.55 Å². The molecule has 0 aliphatic carbocycles. The van der Waals surface area contributed by atoms with Gasteiger partial charge in [0.25, 0.3) is 11.5 Å². The highest BCUT2D eigenvalue weighted by molar-refractivity contribution is 7.90. The second-order valence-electron chi connectivity index (χ2n) is 9.26. The minimum atomic E-state index is -4.74. The van der Waals surface area contributed by atoms with E-state index in [4.69, 9.17) is 0 Å². The molecule has 4 rings (SSSR count). The van der Waals surface area contributed by atoms with Gasteiger partial charge in [0.1, 0.15) is 11.5 Å². The smallest absolute Gasteiger partial charge is 0.331 e. The van der Waals surface area contributed by atoms with E-state index in [2.05, 4.69) is 4.98 Å². The Morgan fingerprint density at radius 1 is 1.10 bits per heavy atom. The zero-order valence-electron chi connectivity index (χ0n) is 21.2. The van der Waals surface area contributed by atoms with Crippen LogP contribution in [0.2, 0.25) is 0 Å². The second kappa shape index (κ2) is 10.3. The van der Waals surface area contributed by atoms with Gasteiger partial charge in [-0.25, -0.2) is 17.5 Å². The molecule has 0 spiro atoms. The van der Waals surface area contributed by atoms with Crippen molar-refractivity contribution in [3.05, 3.63) is 93.3 Å². The van der Waals surface area contributed by atoms with E-state index >= 15 is 0 Å². The molecule has 0 aliphatic heterocycles. The Kier molecular flexibility index (Phi) is 7.44. The molecule has 4 aromatic rings. The third-order valence-corrected chi connectivity index (χ3v) is 8.11. The zero-order chi connectivity index (χ0) is 28.7. The van der Waals surface area contributed by atoms with Gasteiger partial charge >= 0.3 is 6.18 Å². The van der Waals surface area contributed by atoms with Crippen LogP contribution in [0.25, 0.3) is 22.0 Å². The molecule has 0 bridgehead atoms. The number of aromatic nitrogens is 2. The molecule has 12 heteroatoms. The Morgan fingerprint density at radius 2 is 1.82 bits per heavy atom. The third-order valence-electron chi connectivity index (χ3n) is 6.40. The molecule has 0 fully saturated rings. The normalized spacial score (nSPS) is 12.3. The molecule has 2 N–H and O–H groups in total. The first kappa shape index (κ1) is 28.1. The number of hydrogen-bond donors (Lipinski definition) is 2. The molecule has 7 nitrogen and oxygen atoms in total. The lowest BCUT2D eigenvalue weighted by Crippen LogP contribution is -2.37. The van der Waals surface area contributed by atoms with Gasteiger partial charge in [-0.05, 0) is 68.3 Å². The van der Waals surface area contributed by atoms with Crippen LogP contribution >= 0.6 is 0 Å². The molecular weight excluding hydrogens is 538 g/mol. The summed E-state index contributed by atoms with van der Waals surface area (Å²) in [5.41, 5.74) is -1.13. The van der Waals surface area contributed by atoms with E-state index < -0.39 is 50.8 Å². The minimum absolute atomic E-state index is 0.0334. The van der Waals surface area contributed by atoms with Gasteiger partial charge in [0.2, 0.25) is 10.0 Å². The Hall–Kier alpha value is -3.93. The number of amides is 1. The van der Waals surface area contributed by atoms with Crippen LogP contribution in [0.3, 0.4) is 0 Å². The molecule has 2 aromatic carbocycles. The number of H-pyrrole nitrogens is 1. The van der Waals surface area contributed by atoms with Crippen LogP contribution in [-0.2, 0) is 29.2 Å². The fourth-order valence-corrected chi connectivity index (χ4v) is 4.84. The molecule has 0 unspecified atom stereocenters. The van der Waals surface area contributed by atoms with Crippen LogP contribution < -0.4 is 10.3 Å². The number of alkyl halides is 3. The number of carbonyl (C=O) groups excluding carboxylic acids is 1. The van der Waals surface area contributed by atoms with Crippen molar-refractivity contribution in [2.75, 3.05) is 0 Å². The van der Waals surface area contributed by atoms with E-state index in [1.165, 1.54) is 36.7 Å². The first-order chi connectivity index (χ1) is 18.2. The Labute approximate surface area is 221 Å². The molecule has 1 amide bonds. The highest BCUT2D eigenvalue weighted by Gasteiger charge is 2.32. The van der Waals surface area contributed by atoms with Crippen molar-refractivity contribution in [3.8, 4) is 11.1 Å². The summed E-state index contributed by atoms with van der Waals surface area (Å²) in [6.45, 7) is 4.06. The third kappa shape index (κ3) is 5.47. The van der Waals surface area contributed by atoms with Crippen molar-refractivity contribution in [1.82, 2.24) is 14.3 Å². The van der Waals surface area contributed by atoms with Crippen LogP contribution in [-0.4, -0.2) is 29.1 Å². The molecule has 0 saturated carbocycles. The number of aryl methyl sites for hydroxylation is 1. The number of pyridine rings is 1.